The van der Waals surface area contributed by atoms with Crippen LogP contribution in [0.5, 0.6) is 17.2 Å². The second kappa shape index (κ2) is 8.73. The summed E-state index contributed by atoms with van der Waals surface area (Å²) < 4.78 is 34.2. The molecule has 25 heavy (non-hydrogen) atoms. The minimum Gasteiger partial charge on any atom is -0.493 e. The minimum atomic E-state index is -0.586. The first-order valence-corrected chi connectivity index (χ1v) is 7.47. The molecule has 0 bridgehead atoms. The maximum Gasteiger partial charge on any atom is 0.331 e. The zero-order valence-electron chi connectivity index (χ0n) is 14.2. The van der Waals surface area contributed by atoms with Crippen molar-refractivity contribution in [2.45, 2.75) is 6.61 Å². The van der Waals surface area contributed by atoms with E-state index >= 15 is 0 Å². The molecule has 0 aliphatic heterocycles. The van der Waals surface area contributed by atoms with E-state index < -0.39 is 11.8 Å². The van der Waals surface area contributed by atoms with Crippen molar-refractivity contribution >= 4 is 12.0 Å². The predicted octanol–water partition coefficient (Wildman–Crippen LogP) is 3.61. The fraction of sp³-hybridized carbons (Fsp3) is 0.211. The summed E-state index contributed by atoms with van der Waals surface area (Å²) in [5.41, 5.74) is 0.981. The van der Waals surface area contributed by atoms with E-state index in [1.807, 2.05) is 0 Å². The zero-order valence-corrected chi connectivity index (χ0v) is 14.2. The third-order valence-electron chi connectivity index (χ3n) is 3.43. The molecule has 0 N–H and O–H groups in total. The van der Waals surface area contributed by atoms with E-state index in [-0.39, 0.29) is 6.61 Å². The summed E-state index contributed by atoms with van der Waals surface area (Å²) in [7, 11) is 4.52. The number of hydrogen-bond donors (Lipinski definition) is 0. The van der Waals surface area contributed by atoms with Crippen molar-refractivity contribution in [1.29, 1.82) is 0 Å². The molecule has 0 unspecified atom stereocenters. The van der Waals surface area contributed by atoms with E-state index in [1.165, 1.54) is 33.5 Å². The monoisotopic (exact) mass is 346 g/mol. The molecule has 0 amide bonds. The van der Waals surface area contributed by atoms with Gasteiger partial charge in [-0.2, -0.15) is 0 Å². The van der Waals surface area contributed by atoms with E-state index in [4.69, 9.17) is 18.9 Å². The van der Waals surface area contributed by atoms with Gasteiger partial charge >= 0.3 is 5.97 Å². The van der Waals surface area contributed by atoms with Crippen LogP contribution in [0.4, 0.5) is 4.39 Å². The molecule has 0 saturated carbocycles. The molecule has 0 aromatic heterocycles. The van der Waals surface area contributed by atoms with Crippen molar-refractivity contribution < 1.29 is 28.1 Å². The van der Waals surface area contributed by atoms with Gasteiger partial charge in [-0.25, -0.2) is 9.18 Å². The Kier molecular flexibility index (Phi) is 6.39. The molecule has 2 aromatic rings. The van der Waals surface area contributed by atoms with E-state index in [2.05, 4.69) is 0 Å². The molecule has 5 nitrogen and oxygen atoms in total. The van der Waals surface area contributed by atoms with Gasteiger partial charge in [0.25, 0.3) is 0 Å². The summed E-state index contributed by atoms with van der Waals surface area (Å²) in [6.45, 7) is -0.134. The highest BCUT2D eigenvalue weighted by Crippen LogP contribution is 2.38. The van der Waals surface area contributed by atoms with Crippen LogP contribution in [-0.2, 0) is 16.1 Å². The van der Waals surface area contributed by atoms with Crippen LogP contribution in [-0.4, -0.2) is 27.3 Å². The second-order valence-corrected chi connectivity index (χ2v) is 4.99. The van der Waals surface area contributed by atoms with E-state index in [9.17, 15) is 9.18 Å². The molecule has 0 spiro atoms. The largest absolute Gasteiger partial charge is 0.493 e. The Morgan fingerprint density at radius 2 is 1.68 bits per heavy atom. The zero-order chi connectivity index (χ0) is 18.2. The van der Waals surface area contributed by atoms with Crippen molar-refractivity contribution in [2.75, 3.05) is 21.3 Å². The van der Waals surface area contributed by atoms with E-state index in [1.54, 1.807) is 36.4 Å². The number of ether oxygens (including phenoxy) is 4. The number of halogens is 1. The van der Waals surface area contributed by atoms with Gasteiger partial charge in [0.05, 0.1) is 21.3 Å². The highest BCUT2D eigenvalue weighted by atomic mass is 19.1. The molecule has 6 heteroatoms. The Bertz CT molecular complexity index is 745. The van der Waals surface area contributed by atoms with Crippen molar-refractivity contribution in [2.24, 2.45) is 0 Å². The highest BCUT2D eigenvalue weighted by Gasteiger charge is 2.12. The lowest BCUT2D eigenvalue weighted by Gasteiger charge is -2.12. The average Bonchev–Trinajstić information content (AvgIpc) is 2.64. The lowest BCUT2D eigenvalue weighted by molar-refractivity contribution is -0.138. The van der Waals surface area contributed by atoms with Crippen LogP contribution < -0.4 is 14.2 Å². The summed E-state index contributed by atoms with van der Waals surface area (Å²) in [6.07, 6.45) is 2.80. The number of methoxy groups -OCH3 is 3. The van der Waals surface area contributed by atoms with Crippen LogP contribution in [0.3, 0.4) is 0 Å². The van der Waals surface area contributed by atoms with Crippen LogP contribution >= 0.6 is 0 Å². The van der Waals surface area contributed by atoms with Crippen LogP contribution in [0.25, 0.3) is 6.08 Å². The molecule has 0 fully saturated rings. The van der Waals surface area contributed by atoms with E-state index in [0.717, 1.165) is 0 Å². The van der Waals surface area contributed by atoms with Crippen LogP contribution in [0.1, 0.15) is 11.1 Å². The minimum absolute atomic E-state index is 0.134. The number of esters is 1. The molecule has 0 aliphatic carbocycles. The molecular weight excluding hydrogens is 327 g/mol. The third kappa shape index (κ3) is 4.73. The Labute approximate surface area is 145 Å². The summed E-state index contributed by atoms with van der Waals surface area (Å²) in [5.74, 6) is 0.410. The fourth-order valence-corrected chi connectivity index (χ4v) is 2.17. The lowest BCUT2D eigenvalue weighted by atomic mass is 10.1. The number of hydrogen-bond acceptors (Lipinski definition) is 5. The first-order chi connectivity index (χ1) is 12.1. The molecular formula is C19H19FO5. The number of rotatable bonds is 7. The standard InChI is InChI=1S/C19H19FO5/c1-22-16-10-13(11-17(23-2)19(16)24-3)8-9-18(21)25-12-14-6-4-5-7-15(14)20/h4-11H,12H2,1-3H3. The highest BCUT2D eigenvalue weighted by molar-refractivity contribution is 5.87. The first-order valence-electron chi connectivity index (χ1n) is 7.47. The maximum absolute atomic E-state index is 13.5. The maximum atomic E-state index is 13.5. The third-order valence-corrected chi connectivity index (χ3v) is 3.43. The summed E-state index contributed by atoms with van der Waals surface area (Å²) in [5, 5.41) is 0. The van der Waals surface area contributed by atoms with Crippen molar-refractivity contribution in [1.82, 2.24) is 0 Å². The number of carbonyl (C=O) groups is 1. The van der Waals surface area contributed by atoms with Crippen molar-refractivity contribution in [3.63, 3.8) is 0 Å². The quantitative estimate of drug-likeness (QED) is 0.566. The smallest absolute Gasteiger partial charge is 0.331 e. The van der Waals surface area contributed by atoms with Gasteiger partial charge in [-0.15, -0.1) is 0 Å². The molecule has 132 valence electrons. The lowest BCUT2D eigenvalue weighted by Crippen LogP contribution is -2.02. The Morgan fingerprint density at radius 3 is 2.24 bits per heavy atom. The molecule has 0 atom stereocenters. The van der Waals surface area contributed by atoms with E-state index in [0.29, 0.717) is 28.4 Å². The summed E-state index contributed by atoms with van der Waals surface area (Å²) in [4.78, 5) is 11.8. The summed E-state index contributed by atoms with van der Waals surface area (Å²) >= 11 is 0. The van der Waals surface area contributed by atoms with Gasteiger partial charge in [0.2, 0.25) is 5.75 Å². The number of carbonyl (C=O) groups excluding carboxylic acids is 1. The topological polar surface area (TPSA) is 54.0 Å². The normalized spacial score (nSPS) is 10.6. The molecule has 0 radical (unpaired) electrons. The average molecular weight is 346 g/mol. The Hall–Kier alpha value is -3.02. The Balaban J connectivity index is 2.08. The van der Waals surface area contributed by atoms with Crippen LogP contribution in [0, 0.1) is 5.82 Å². The first kappa shape index (κ1) is 18.3. The summed E-state index contributed by atoms with van der Waals surface area (Å²) in [6, 6.07) is 9.52. The van der Waals surface area contributed by atoms with Crippen LogP contribution in [0.15, 0.2) is 42.5 Å². The Morgan fingerprint density at radius 1 is 1.04 bits per heavy atom. The van der Waals surface area contributed by atoms with Crippen molar-refractivity contribution in [3.05, 3.63) is 59.4 Å². The molecule has 0 saturated heterocycles. The molecule has 0 aliphatic rings. The van der Waals surface area contributed by atoms with Gasteiger partial charge in [-0.3, -0.25) is 0 Å². The second-order valence-electron chi connectivity index (χ2n) is 4.99. The predicted molar refractivity (Wildman–Crippen MR) is 91.3 cm³/mol. The van der Waals surface area contributed by atoms with Gasteiger partial charge in [0.1, 0.15) is 12.4 Å². The van der Waals surface area contributed by atoms with Gasteiger partial charge in [-0.05, 0) is 29.8 Å². The number of benzene rings is 2. The van der Waals surface area contributed by atoms with Gasteiger partial charge in [-0.1, -0.05) is 18.2 Å². The van der Waals surface area contributed by atoms with Crippen LogP contribution in [0.2, 0.25) is 0 Å². The molecule has 2 aromatic carbocycles. The van der Waals surface area contributed by atoms with Crippen molar-refractivity contribution in [3.8, 4) is 17.2 Å². The van der Waals surface area contributed by atoms with Gasteiger partial charge in [0, 0.05) is 11.6 Å². The molecule has 0 heterocycles. The van der Waals surface area contributed by atoms with Gasteiger partial charge < -0.3 is 18.9 Å². The molecule has 2 rings (SSSR count). The van der Waals surface area contributed by atoms with Gasteiger partial charge in [0.15, 0.2) is 11.5 Å². The SMILES string of the molecule is COc1cc(C=CC(=O)OCc2ccccc2F)cc(OC)c1OC. The fourth-order valence-electron chi connectivity index (χ4n) is 2.17.